The average molecular weight is 412 g/mol. The van der Waals surface area contributed by atoms with E-state index in [0.717, 1.165) is 18.4 Å². The summed E-state index contributed by atoms with van der Waals surface area (Å²) >= 11 is 0. The van der Waals surface area contributed by atoms with E-state index in [-0.39, 0.29) is 24.1 Å². The smallest absolute Gasteiger partial charge is 0.407 e. The van der Waals surface area contributed by atoms with Crippen LogP contribution in [-0.4, -0.2) is 25.2 Å². The van der Waals surface area contributed by atoms with Gasteiger partial charge in [0.2, 0.25) is 0 Å². The Labute approximate surface area is 174 Å². The third-order valence-electron chi connectivity index (χ3n) is 5.91. The number of fused-ring (bicyclic) bond motifs is 1. The van der Waals surface area contributed by atoms with E-state index in [1.165, 1.54) is 19.2 Å². The van der Waals surface area contributed by atoms with Crippen LogP contribution in [0.2, 0.25) is 0 Å². The predicted octanol–water partition coefficient (Wildman–Crippen LogP) is 4.42. The zero-order valence-electron chi connectivity index (χ0n) is 17.0. The van der Waals surface area contributed by atoms with Crippen molar-refractivity contribution >= 4 is 17.7 Å². The molecule has 1 fully saturated rings. The first-order valence-corrected chi connectivity index (χ1v) is 10.1. The Morgan fingerprint density at radius 1 is 1.20 bits per heavy atom. The highest BCUT2D eigenvalue weighted by Gasteiger charge is 2.43. The molecule has 1 saturated carbocycles. The van der Waals surface area contributed by atoms with E-state index < -0.39 is 23.9 Å². The van der Waals surface area contributed by atoms with Gasteiger partial charge in [-0.05, 0) is 42.0 Å². The van der Waals surface area contributed by atoms with E-state index in [9.17, 15) is 14.0 Å². The molecule has 0 aromatic heterocycles. The minimum atomic E-state index is -0.752. The number of hydrogen-bond donors (Lipinski definition) is 2. The van der Waals surface area contributed by atoms with Crippen molar-refractivity contribution in [2.75, 3.05) is 12.4 Å². The summed E-state index contributed by atoms with van der Waals surface area (Å²) in [4.78, 5) is 24.5. The zero-order chi connectivity index (χ0) is 21.3. The van der Waals surface area contributed by atoms with Crippen molar-refractivity contribution in [2.45, 2.75) is 38.5 Å². The van der Waals surface area contributed by atoms with Crippen molar-refractivity contribution in [2.24, 2.45) is 11.8 Å². The third kappa shape index (κ3) is 4.10. The Bertz CT molecular complexity index is 946. The summed E-state index contributed by atoms with van der Waals surface area (Å²) in [6.45, 7) is 2.20. The number of hydrogen-bond acceptors (Lipinski definition) is 5. The number of alkyl carbamates (subject to hydrolysis) is 1. The minimum absolute atomic E-state index is 0.0326. The van der Waals surface area contributed by atoms with Gasteiger partial charge in [0.1, 0.15) is 12.4 Å². The van der Waals surface area contributed by atoms with Crippen LogP contribution < -0.4 is 10.6 Å². The molecule has 1 heterocycles. The lowest BCUT2D eigenvalue weighted by molar-refractivity contribution is 0.0595. The molecule has 0 saturated heterocycles. The van der Waals surface area contributed by atoms with Crippen LogP contribution in [0.15, 0.2) is 42.5 Å². The number of methoxy groups -OCH3 is 1. The monoisotopic (exact) mass is 412 g/mol. The van der Waals surface area contributed by atoms with Gasteiger partial charge in [-0.3, -0.25) is 0 Å². The summed E-state index contributed by atoms with van der Waals surface area (Å²) < 4.78 is 24.6. The first-order chi connectivity index (χ1) is 14.5. The van der Waals surface area contributed by atoms with Crippen LogP contribution in [0.4, 0.5) is 14.9 Å². The molecular weight excluding hydrogens is 387 g/mol. The van der Waals surface area contributed by atoms with Gasteiger partial charge in [-0.15, -0.1) is 0 Å². The van der Waals surface area contributed by atoms with Crippen molar-refractivity contribution in [3.63, 3.8) is 0 Å². The molecule has 1 amide bonds. The fourth-order valence-corrected chi connectivity index (χ4v) is 4.14. The molecule has 30 heavy (non-hydrogen) atoms. The summed E-state index contributed by atoms with van der Waals surface area (Å²) in [5.74, 6) is -0.883. The number of esters is 1. The van der Waals surface area contributed by atoms with Gasteiger partial charge < -0.3 is 20.1 Å². The molecule has 2 N–H and O–H groups in total. The minimum Gasteiger partial charge on any atom is -0.465 e. The van der Waals surface area contributed by atoms with Crippen LogP contribution in [0, 0.1) is 17.7 Å². The molecule has 1 aliphatic heterocycles. The van der Waals surface area contributed by atoms with Gasteiger partial charge in [-0.1, -0.05) is 37.3 Å². The van der Waals surface area contributed by atoms with Gasteiger partial charge in [0.15, 0.2) is 0 Å². The maximum absolute atomic E-state index is 14.5. The van der Waals surface area contributed by atoms with Crippen LogP contribution >= 0.6 is 0 Å². The van der Waals surface area contributed by atoms with E-state index in [0.29, 0.717) is 17.2 Å². The summed E-state index contributed by atoms with van der Waals surface area (Å²) in [6.07, 6.45) is 1.65. The molecule has 2 aliphatic rings. The van der Waals surface area contributed by atoms with Gasteiger partial charge in [0, 0.05) is 17.6 Å². The largest absolute Gasteiger partial charge is 0.465 e. The highest BCUT2D eigenvalue weighted by Crippen LogP contribution is 2.46. The lowest BCUT2D eigenvalue weighted by Gasteiger charge is -2.39. The standard InChI is InChI=1S/C23H25FN2O4/c1-13-20(15-8-9-15)25-19-11-18(24)16(22(27)29-2)10-17(19)21(13)26-23(28)30-12-14-6-4-3-5-7-14/h3-7,10-11,13,15,20-21,25H,8-9,12H2,1-2H3,(H,26,28)/t13-,20+,21+/m0/s1. The van der Waals surface area contributed by atoms with Crippen LogP contribution in [-0.2, 0) is 16.1 Å². The maximum atomic E-state index is 14.5. The molecule has 2 aromatic carbocycles. The van der Waals surface area contributed by atoms with Gasteiger partial charge in [-0.2, -0.15) is 0 Å². The number of halogens is 1. The maximum Gasteiger partial charge on any atom is 0.407 e. The lowest BCUT2D eigenvalue weighted by Crippen LogP contribution is -2.45. The van der Waals surface area contributed by atoms with Gasteiger partial charge >= 0.3 is 12.1 Å². The van der Waals surface area contributed by atoms with Gasteiger partial charge in [-0.25, -0.2) is 14.0 Å². The predicted molar refractivity (Wildman–Crippen MR) is 110 cm³/mol. The zero-order valence-corrected chi connectivity index (χ0v) is 17.0. The highest BCUT2D eigenvalue weighted by molar-refractivity contribution is 5.91. The number of ether oxygens (including phenoxy) is 2. The summed E-state index contributed by atoms with van der Waals surface area (Å²) in [6, 6.07) is 11.9. The molecule has 0 radical (unpaired) electrons. The molecule has 4 rings (SSSR count). The van der Waals surface area contributed by atoms with E-state index in [2.05, 4.69) is 10.6 Å². The molecule has 2 aromatic rings. The number of anilines is 1. The Morgan fingerprint density at radius 3 is 2.60 bits per heavy atom. The lowest BCUT2D eigenvalue weighted by atomic mass is 9.81. The van der Waals surface area contributed by atoms with Crippen molar-refractivity contribution < 1.29 is 23.5 Å². The molecule has 7 heteroatoms. The topological polar surface area (TPSA) is 76.7 Å². The average Bonchev–Trinajstić information content (AvgIpc) is 3.59. The summed E-state index contributed by atoms with van der Waals surface area (Å²) in [5, 5.41) is 6.35. The van der Waals surface area contributed by atoms with Crippen LogP contribution in [0.5, 0.6) is 0 Å². The highest BCUT2D eigenvalue weighted by atomic mass is 19.1. The van der Waals surface area contributed by atoms with Crippen molar-refractivity contribution in [3.05, 3.63) is 65.0 Å². The number of benzene rings is 2. The van der Waals surface area contributed by atoms with Gasteiger partial charge in [0.05, 0.1) is 18.7 Å². The quantitative estimate of drug-likeness (QED) is 0.711. The van der Waals surface area contributed by atoms with Crippen molar-refractivity contribution in [1.29, 1.82) is 0 Å². The SMILES string of the molecule is COC(=O)c1cc2c(cc1F)N[C@@H](C1CC1)[C@H](C)[C@H]2NC(=O)OCc1ccccc1. The second-order valence-electron chi connectivity index (χ2n) is 7.96. The third-order valence-corrected chi connectivity index (χ3v) is 5.91. The summed E-state index contributed by atoms with van der Waals surface area (Å²) in [7, 11) is 1.21. The molecule has 3 atom stereocenters. The van der Waals surface area contributed by atoms with E-state index >= 15 is 0 Å². The van der Waals surface area contributed by atoms with Gasteiger partial charge in [0.25, 0.3) is 0 Å². The first kappa shape index (κ1) is 20.2. The number of rotatable bonds is 5. The molecule has 0 bridgehead atoms. The second-order valence-corrected chi connectivity index (χ2v) is 7.96. The summed E-state index contributed by atoms with van der Waals surface area (Å²) in [5.41, 5.74) is 1.97. The Kier molecular flexibility index (Phi) is 5.61. The second kappa shape index (κ2) is 8.34. The molecule has 0 unspecified atom stereocenters. The number of nitrogens with one attached hydrogen (secondary N) is 2. The molecule has 158 valence electrons. The van der Waals surface area contributed by atoms with E-state index in [4.69, 9.17) is 9.47 Å². The van der Waals surface area contributed by atoms with Crippen molar-refractivity contribution in [1.82, 2.24) is 5.32 Å². The van der Waals surface area contributed by atoms with Crippen LogP contribution in [0.25, 0.3) is 0 Å². The number of carbonyl (C=O) groups excluding carboxylic acids is 2. The van der Waals surface area contributed by atoms with E-state index in [1.807, 2.05) is 37.3 Å². The van der Waals surface area contributed by atoms with E-state index in [1.54, 1.807) is 0 Å². The molecule has 1 aliphatic carbocycles. The van der Waals surface area contributed by atoms with Crippen LogP contribution in [0.3, 0.4) is 0 Å². The normalized spacial score (nSPS) is 22.4. The Hall–Kier alpha value is -3.09. The van der Waals surface area contributed by atoms with Crippen LogP contribution in [0.1, 0.15) is 47.3 Å². The molecular formula is C23H25FN2O4. The molecule has 0 spiro atoms. The fourth-order valence-electron chi connectivity index (χ4n) is 4.14. The first-order valence-electron chi connectivity index (χ1n) is 10.1. The fraction of sp³-hybridized carbons (Fsp3) is 0.391. The Morgan fingerprint density at radius 2 is 1.93 bits per heavy atom. The number of carbonyl (C=O) groups is 2. The van der Waals surface area contributed by atoms with Crippen molar-refractivity contribution in [3.8, 4) is 0 Å². The molecule has 6 nitrogen and oxygen atoms in total. The number of amides is 1. The Balaban J connectivity index is 1.58.